The van der Waals surface area contributed by atoms with Gasteiger partial charge in [-0.3, -0.25) is 4.79 Å². The molecule has 0 spiro atoms. The van der Waals surface area contributed by atoms with E-state index in [2.05, 4.69) is 6.58 Å². The van der Waals surface area contributed by atoms with E-state index in [1.807, 2.05) is 13.8 Å². The number of hydrogen-bond acceptors (Lipinski definition) is 2. The Morgan fingerprint density at radius 2 is 2.30 bits per heavy atom. The van der Waals surface area contributed by atoms with E-state index in [0.717, 1.165) is 0 Å². The lowest BCUT2D eigenvalue weighted by Gasteiger charge is -2.06. The van der Waals surface area contributed by atoms with Crippen molar-refractivity contribution in [3.63, 3.8) is 0 Å². The van der Waals surface area contributed by atoms with Gasteiger partial charge in [0.2, 0.25) is 0 Å². The Morgan fingerprint density at radius 1 is 1.70 bits per heavy atom. The normalized spacial score (nSPS) is 25.7. The molecule has 1 fully saturated rings. The Labute approximate surface area is 60.9 Å². The van der Waals surface area contributed by atoms with Crippen molar-refractivity contribution in [2.24, 2.45) is 11.8 Å². The first-order valence-electron chi connectivity index (χ1n) is 3.50. The van der Waals surface area contributed by atoms with Crippen LogP contribution in [0.15, 0.2) is 12.3 Å². The molecule has 56 valence electrons. The summed E-state index contributed by atoms with van der Waals surface area (Å²) in [5.74, 6) is 0.919. The lowest BCUT2D eigenvalue weighted by Crippen LogP contribution is -2.13. The van der Waals surface area contributed by atoms with Gasteiger partial charge in [-0.15, -0.1) is 0 Å². The summed E-state index contributed by atoms with van der Waals surface area (Å²) in [7, 11) is 0. The van der Waals surface area contributed by atoms with Crippen LogP contribution in [0.3, 0.4) is 0 Å². The zero-order chi connectivity index (χ0) is 7.72. The molecule has 0 aromatic heterocycles. The Kier molecular flexibility index (Phi) is 1.79. The Morgan fingerprint density at radius 3 is 2.50 bits per heavy atom. The zero-order valence-electron chi connectivity index (χ0n) is 6.39. The maximum absolute atomic E-state index is 10.9. The Balaban J connectivity index is 2.63. The summed E-state index contributed by atoms with van der Waals surface area (Å²) in [6.07, 6.45) is 0.705. The summed E-state index contributed by atoms with van der Waals surface area (Å²) in [6.45, 7) is 7.63. The smallest absolute Gasteiger partial charge is 0.314 e. The quantitative estimate of drug-likeness (QED) is 0.518. The molecule has 10 heavy (non-hydrogen) atoms. The van der Waals surface area contributed by atoms with Crippen LogP contribution in [0.2, 0.25) is 0 Å². The zero-order valence-corrected chi connectivity index (χ0v) is 6.39. The van der Waals surface area contributed by atoms with Crippen LogP contribution < -0.4 is 0 Å². The molecule has 0 N–H and O–H groups in total. The predicted octanol–water partition coefficient (Wildman–Crippen LogP) is 1.72. The third-order valence-electron chi connectivity index (χ3n) is 1.80. The molecule has 0 aliphatic carbocycles. The van der Waals surface area contributed by atoms with Crippen molar-refractivity contribution in [3.8, 4) is 0 Å². The van der Waals surface area contributed by atoms with Gasteiger partial charge in [0.05, 0.1) is 5.92 Å². The van der Waals surface area contributed by atoms with Crippen molar-refractivity contribution in [2.75, 3.05) is 0 Å². The van der Waals surface area contributed by atoms with Crippen molar-refractivity contribution in [3.05, 3.63) is 12.3 Å². The number of carbonyl (C=O) groups is 1. The molecule has 1 saturated heterocycles. The second-order valence-corrected chi connectivity index (χ2v) is 3.01. The summed E-state index contributed by atoms with van der Waals surface area (Å²) in [5.41, 5.74) is 0. The van der Waals surface area contributed by atoms with Gasteiger partial charge in [0, 0.05) is 6.42 Å². The number of ether oxygens (including phenoxy) is 1. The van der Waals surface area contributed by atoms with E-state index in [0.29, 0.717) is 18.1 Å². The van der Waals surface area contributed by atoms with Gasteiger partial charge in [0.25, 0.3) is 0 Å². The van der Waals surface area contributed by atoms with Gasteiger partial charge >= 0.3 is 5.97 Å². The lowest BCUT2D eigenvalue weighted by molar-refractivity contribution is -0.140. The monoisotopic (exact) mass is 140 g/mol. The van der Waals surface area contributed by atoms with E-state index in [9.17, 15) is 4.79 Å². The Hall–Kier alpha value is -0.790. The van der Waals surface area contributed by atoms with Gasteiger partial charge in [0.1, 0.15) is 5.76 Å². The number of allylic oxidation sites excluding steroid dienone is 1. The second-order valence-electron chi connectivity index (χ2n) is 3.01. The average molecular weight is 140 g/mol. The van der Waals surface area contributed by atoms with E-state index >= 15 is 0 Å². The first-order valence-corrected chi connectivity index (χ1v) is 3.50. The number of esters is 1. The molecule has 0 saturated carbocycles. The molecule has 0 radical (unpaired) electrons. The molecule has 0 bridgehead atoms. The number of hydrogen-bond donors (Lipinski definition) is 0. The number of cyclic esters (lactones) is 1. The van der Waals surface area contributed by atoms with Crippen LogP contribution in [-0.2, 0) is 9.53 Å². The first-order chi connectivity index (χ1) is 4.61. The van der Waals surface area contributed by atoms with Crippen LogP contribution in [0.25, 0.3) is 0 Å². The van der Waals surface area contributed by atoms with Crippen LogP contribution in [0.1, 0.15) is 20.3 Å². The molecule has 1 aliphatic heterocycles. The van der Waals surface area contributed by atoms with Crippen LogP contribution in [0.5, 0.6) is 0 Å². The molecule has 1 rings (SSSR count). The van der Waals surface area contributed by atoms with Crippen molar-refractivity contribution < 1.29 is 9.53 Å². The maximum Gasteiger partial charge on any atom is 0.314 e. The molecule has 0 amide bonds. The van der Waals surface area contributed by atoms with E-state index in [4.69, 9.17) is 4.74 Å². The largest absolute Gasteiger partial charge is 0.431 e. The standard InChI is InChI=1S/C8H12O2/c1-5(2)7-4-6(3)10-8(7)9/h5,7H,3-4H2,1-2H3. The molecular formula is C8H12O2. The average Bonchev–Trinajstić information content (AvgIpc) is 2.10. The van der Waals surface area contributed by atoms with Gasteiger partial charge < -0.3 is 4.74 Å². The first kappa shape index (κ1) is 7.32. The fourth-order valence-corrected chi connectivity index (χ4v) is 1.10. The van der Waals surface area contributed by atoms with Crippen LogP contribution >= 0.6 is 0 Å². The van der Waals surface area contributed by atoms with Crippen LogP contribution in [0.4, 0.5) is 0 Å². The Bertz CT molecular complexity index is 170. The van der Waals surface area contributed by atoms with Crippen molar-refractivity contribution >= 4 is 5.97 Å². The van der Waals surface area contributed by atoms with Crippen LogP contribution in [-0.4, -0.2) is 5.97 Å². The molecule has 2 nitrogen and oxygen atoms in total. The van der Waals surface area contributed by atoms with Gasteiger partial charge in [-0.1, -0.05) is 20.4 Å². The summed E-state index contributed by atoms with van der Waals surface area (Å²) in [4.78, 5) is 10.9. The third-order valence-corrected chi connectivity index (χ3v) is 1.80. The minimum atomic E-state index is -0.111. The highest BCUT2D eigenvalue weighted by Crippen LogP contribution is 2.28. The van der Waals surface area contributed by atoms with Crippen molar-refractivity contribution in [1.82, 2.24) is 0 Å². The summed E-state index contributed by atoms with van der Waals surface area (Å²) >= 11 is 0. The number of carbonyl (C=O) groups excluding carboxylic acids is 1. The SMILES string of the molecule is C=C1CC(C(C)C)C(=O)O1. The molecule has 0 aromatic rings. The van der Waals surface area contributed by atoms with Gasteiger partial charge in [-0.2, -0.15) is 0 Å². The van der Waals surface area contributed by atoms with Crippen LogP contribution in [0, 0.1) is 11.8 Å². The molecule has 1 heterocycles. The molecule has 1 atom stereocenters. The fraction of sp³-hybridized carbons (Fsp3) is 0.625. The van der Waals surface area contributed by atoms with E-state index in [1.165, 1.54) is 0 Å². The van der Waals surface area contributed by atoms with E-state index in [-0.39, 0.29) is 11.9 Å². The highest BCUT2D eigenvalue weighted by Gasteiger charge is 2.31. The summed E-state index contributed by atoms with van der Waals surface area (Å²) < 4.78 is 4.80. The number of rotatable bonds is 1. The molecule has 2 heteroatoms. The summed E-state index contributed by atoms with van der Waals surface area (Å²) in [6, 6.07) is 0. The molecule has 0 aromatic carbocycles. The lowest BCUT2D eigenvalue weighted by atomic mass is 9.94. The molecule has 1 aliphatic rings. The topological polar surface area (TPSA) is 26.3 Å². The van der Waals surface area contributed by atoms with Gasteiger partial charge in [-0.05, 0) is 5.92 Å². The van der Waals surface area contributed by atoms with E-state index < -0.39 is 0 Å². The second kappa shape index (κ2) is 2.45. The van der Waals surface area contributed by atoms with Crippen molar-refractivity contribution in [2.45, 2.75) is 20.3 Å². The minimum absolute atomic E-state index is 0.0486. The van der Waals surface area contributed by atoms with E-state index in [1.54, 1.807) is 0 Å². The third kappa shape index (κ3) is 1.20. The predicted molar refractivity (Wildman–Crippen MR) is 38.2 cm³/mol. The molecular weight excluding hydrogens is 128 g/mol. The maximum atomic E-state index is 10.9. The summed E-state index contributed by atoms with van der Waals surface area (Å²) in [5, 5.41) is 0. The minimum Gasteiger partial charge on any atom is -0.431 e. The van der Waals surface area contributed by atoms with Crippen molar-refractivity contribution in [1.29, 1.82) is 0 Å². The highest BCUT2D eigenvalue weighted by atomic mass is 16.5. The molecule has 1 unspecified atom stereocenters. The fourth-order valence-electron chi connectivity index (χ4n) is 1.10. The van der Waals surface area contributed by atoms with Gasteiger partial charge in [-0.25, -0.2) is 0 Å². The highest BCUT2D eigenvalue weighted by molar-refractivity contribution is 5.76. The van der Waals surface area contributed by atoms with Gasteiger partial charge in [0.15, 0.2) is 0 Å².